The molecule has 0 spiro atoms. The Kier molecular flexibility index (Phi) is 11.0. The van der Waals surface area contributed by atoms with Crippen molar-refractivity contribution < 1.29 is 22.9 Å². The van der Waals surface area contributed by atoms with Gasteiger partial charge in [0.15, 0.2) is 9.84 Å². The maximum absolute atomic E-state index is 13.3. The number of aryl methyl sites for hydroxylation is 1. The Morgan fingerprint density at radius 1 is 1.22 bits per heavy atom. The number of amides is 2. The summed E-state index contributed by atoms with van der Waals surface area (Å²) in [6.07, 6.45) is 11.4. The molecule has 3 rings (SSSR count). The molecule has 2 heterocycles. The van der Waals surface area contributed by atoms with Crippen molar-refractivity contribution in [3.05, 3.63) is 86.1 Å². The quantitative estimate of drug-likeness (QED) is 0.204. The van der Waals surface area contributed by atoms with E-state index >= 15 is 0 Å². The van der Waals surface area contributed by atoms with E-state index in [0.29, 0.717) is 41.9 Å². The number of hydrogen-bond acceptors (Lipinski definition) is 7. The smallest absolute Gasteiger partial charge is 0.269 e. The number of nitrogens with one attached hydrogen (secondary N) is 3. The number of allylic oxidation sites excluding steroid dienone is 3. The highest BCUT2D eigenvalue weighted by Gasteiger charge is 2.29. The van der Waals surface area contributed by atoms with Crippen molar-refractivity contribution in [2.75, 3.05) is 31.9 Å². The first-order valence-electron chi connectivity index (χ1n) is 13.8. The first-order valence-corrected chi connectivity index (χ1v) is 15.5. The van der Waals surface area contributed by atoms with E-state index in [1.807, 2.05) is 0 Å². The van der Waals surface area contributed by atoms with Gasteiger partial charge in [-0.1, -0.05) is 38.2 Å². The van der Waals surface area contributed by atoms with Gasteiger partial charge in [-0.05, 0) is 57.8 Å². The van der Waals surface area contributed by atoms with Gasteiger partial charge in [0.1, 0.15) is 0 Å². The van der Waals surface area contributed by atoms with Crippen molar-refractivity contribution in [1.82, 2.24) is 20.5 Å². The van der Waals surface area contributed by atoms with Crippen molar-refractivity contribution in [2.24, 2.45) is 0 Å². The summed E-state index contributed by atoms with van der Waals surface area (Å²) < 4.78 is 26.7. The molecule has 0 aromatic carbocycles. The molecular weight excluding hydrogens is 546 g/mol. The predicted octanol–water partition coefficient (Wildman–Crippen LogP) is 3.34. The van der Waals surface area contributed by atoms with Crippen LogP contribution >= 0.6 is 0 Å². The fourth-order valence-corrected chi connectivity index (χ4v) is 6.63. The maximum atomic E-state index is 13.3. The third-order valence-electron chi connectivity index (χ3n) is 7.35. The van der Waals surface area contributed by atoms with Crippen LogP contribution in [-0.4, -0.2) is 72.2 Å². The first-order chi connectivity index (χ1) is 19.5. The molecule has 1 aromatic heterocycles. The van der Waals surface area contributed by atoms with Gasteiger partial charge in [-0.25, -0.2) is 8.42 Å². The van der Waals surface area contributed by atoms with Gasteiger partial charge >= 0.3 is 0 Å². The number of carbonyl (C=O) groups is 2. The van der Waals surface area contributed by atoms with Gasteiger partial charge in [0.05, 0.1) is 21.5 Å². The Bertz CT molecular complexity index is 1430. The van der Waals surface area contributed by atoms with Crippen molar-refractivity contribution >= 4 is 27.7 Å². The van der Waals surface area contributed by atoms with Crippen LogP contribution in [0.5, 0.6) is 0 Å². The first kappa shape index (κ1) is 31.8. The van der Waals surface area contributed by atoms with E-state index < -0.39 is 31.7 Å². The number of likely N-dealkylation sites (N-methyl/N-ethyl adjacent to an activating group) is 1. The summed E-state index contributed by atoms with van der Waals surface area (Å²) in [7, 11) is -3.82. The number of nitro groups is 1. The molecule has 3 N–H and O–H groups in total. The van der Waals surface area contributed by atoms with Crippen LogP contribution in [0.25, 0.3) is 6.08 Å². The number of nitrogens with zero attached hydrogens (tertiary/aromatic N) is 2. The molecule has 1 unspecified atom stereocenters. The number of carbonyl (C=O) groups excluding carboxylic acids is 2. The Labute approximate surface area is 241 Å². The van der Waals surface area contributed by atoms with Gasteiger partial charge < -0.3 is 20.5 Å². The fraction of sp³-hybridized carbons (Fsp3) is 0.448. The van der Waals surface area contributed by atoms with Crippen LogP contribution in [0.4, 0.5) is 0 Å². The van der Waals surface area contributed by atoms with Crippen molar-refractivity contribution in [3.63, 3.8) is 0 Å². The second-order valence-corrected chi connectivity index (χ2v) is 12.3. The van der Waals surface area contributed by atoms with E-state index in [-0.39, 0.29) is 29.2 Å². The molecular formula is C29H39N5O6S. The molecule has 0 fully saturated rings. The molecule has 41 heavy (non-hydrogen) atoms. The number of H-pyrrole nitrogens is 1. The van der Waals surface area contributed by atoms with Crippen LogP contribution in [0.2, 0.25) is 0 Å². The largest absolute Gasteiger partial charge is 0.358 e. The highest BCUT2D eigenvalue weighted by molar-refractivity contribution is 7.92. The topological polar surface area (TPSA) is 155 Å². The molecule has 222 valence electrons. The van der Waals surface area contributed by atoms with Gasteiger partial charge in [-0.15, -0.1) is 0 Å². The summed E-state index contributed by atoms with van der Waals surface area (Å²) in [5.41, 5.74) is 2.68. The van der Waals surface area contributed by atoms with Crippen LogP contribution in [0.15, 0.2) is 53.4 Å². The average Bonchev–Trinajstić information content (AvgIpc) is 3.25. The lowest BCUT2D eigenvalue weighted by Gasteiger charge is -2.18. The monoisotopic (exact) mass is 585 g/mol. The Morgan fingerprint density at radius 3 is 2.63 bits per heavy atom. The van der Waals surface area contributed by atoms with Crippen LogP contribution in [0, 0.1) is 24.0 Å². The zero-order valence-corrected chi connectivity index (χ0v) is 24.8. The van der Waals surface area contributed by atoms with Crippen molar-refractivity contribution in [1.29, 1.82) is 0 Å². The summed E-state index contributed by atoms with van der Waals surface area (Å²) in [6.45, 7) is 10.7. The second kappa shape index (κ2) is 14.2. The number of rotatable bonds is 11. The van der Waals surface area contributed by atoms with E-state index in [2.05, 4.69) is 34.4 Å². The summed E-state index contributed by atoms with van der Waals surface area (Å²) in [5, 5.41) is 16.0. The Morgan fingerprint density at radius 2 is 1.95 bits per heavy atom. The molecule has 0 saturated carbocycles. The summed E-state index contributed by atoms with van der Waals surface area (Å²) in [6, 6.07) is 0. The molecule has 1 aliphatic carbocycles. The molecule has 1 aromatic rings. The van der Waals surface area contributed by atoms with Crippen LogP contribution in [-0.2, 0) is 14.6 Å². The van der Waals surface area contributed by atoms with Crippen LogP contribution in [0.1, 0.15) is 60.4 Å². The van der Waals surface area contributed by atoms with E-state index in [9.17, 15) is 28.1 Å². The maximum Gasteiger partial charge on any atom is 0.269 e. The highest BCUT2D eigenvalue weighted by Crippen LogP contribution is 2.25. The standard InChI is InChI=1S/C29H39N5O6S/c1-5-33(6-2)17-16-31-29(36)27-20(3)25(32-21(27)4)18-22-13-14-24(11-9-15-30-28(22)35)41(39,40)19-23-10-7-8-12-26(23)34(37)38/h8-9,12-15,18,24,32H,5-7,10-11,16-17,19H2,1-4H3,(H,30,35)(H,31,36). The molecule has 0 bridgehead atoms. The van der Waals surface area contributed by atoms with Gasteiger partial charge in [0.2, 0.25) is 0 Å². The molecule has 1 aliphatic heterocycles. The number of sulfone groups is 1. The van der Waals surface area contributed by atoms with Gasteiger partial charge in [0.25, 0.3) is 17.5 Å². The van der Waals surface area contributed by atoms with Gasteiger partial charge in [-0.2, -0.15) is 0 Å². The molecule has 0 saturated heterocycles. The zero-order chi connectivity index (χ0) is 30.2. The lowest BCUT2D eigenvalue weighted by atomic mass is 10.0. The third-order valence-corrected chi connectivity index (χ3v) is 9.37. The fourth-order valence-electron chi connectivity index (χ4n) is 4.92. The minimum atomic E-state index is -3.82. The summed E-state index contributed by atoms with van der Waals surface area (Å²) >= 11 is 0. The Balaban J connectivity index is 1.86. The lowest BCUT2D eigenvalue weighted by Crippen LogP contribution is -2.35. The average molecular weight is 586 g/mol. The van der Waals surface area contributed by atoms with Crippen LogP contribution < -0.4 is 10.6 Å². The third kappa shape index (κ3) is 8.14. The second-order valence-electron chi connectivity index (χ2n) is 10.0. The molecule has 12 heteroatoms. The van der Waals surface area contributed by atoms with E-state index in [4.69, 9.17) is 0 Å². The predicted molar refractivity (Wildman–Crippen MR) is 159 cm³/mol. The Hall–Kier alpha value is -3.77. The van der Waals surface area contributed by atoms with Crippen LogP contribution in [0.3, 0.4) is 0 Å². The molecule has 2 aliphatic rings. The van der Waals surface area contributed by atoms with Gasteiger partial charge in [0, 0.05) is 47.9 Å². The molecule has 2 amide bonds. The number of aromatic nitrogens is 1. The summed E-state index contributed by atoms with van der Waals surface area (Å²) in [4.78, 5) is 42.1. The minimum Gasteiger partial charge on any atom is -0.358 e. The van der Waals surface area contributed by atoms with E-state index in [1.165, 1.54) is 24.4 Å². The number of aromatic amines is 1. The number of hydrogen-bond donors (Lipinski definition) is 3. The van der Waals surface area contributed by atoms with Crippen molar-refractivity contribution in [3.8, 4) is 0 Å². The van der Waals surface area contributed by atoms with E-state index in [0.717, 1.165) is 19.6 Å². The van der Waals surface area contributed by atoms with E-state index in [1.54, 1.807) is 32.1 Å². The summed E-state index contributed by atoms with van der Waals surface area (Å²) in [5.74, 6) is -1.08. The lowest BCUT2D eigenvalue weighted by molar-refractivity contribution is -0.420. The van der Waals surface area contributed by atoms with Gasteiger partial charge in [-0.3, -0.25) is 19.7 Å². The molecule has 11 nitrogen and oxygen atoms in total. The van der Waals surface area contributed by atoms with Crippen molar-refractivity contribution in [2.45, 2.75) is 52.2 Å². The molecule has 0 radical (unpaired) electrons. The zero-order valence-electron chi connectivity index (χ0n) is 24.0. The molecule has 1 atom stereocenters. The SMILES string of the molecule is CCN(CC)CCNC(=O)c1c(C)[nH]c(C=C2C=CC(S(=O)(=O)CC3=C([N+](=O)[O-])C=CCC3)CC=CNC2=O)c1C. The highest BCUT2D eigenvalue weighted by atomic mass is 32.2. The minimum absolute atomic E-state index is 0.0990. The normalized spacial score (nSPS) is 18.8.